The van der Waals surface area contributed by atoms with Crippen LogP contribution in [0.1, 0.15) is 11.1 Å². The van der Waals surface area contributed by atoms with Gasteiger partial charge in [0.2, 0.25) is 0 Å². The Morgan fingerprint density at radius 3 is 2.71 bits per heavy atom. The molecule has 0 aliphatic carbocycles. The van der Waals surface area contributed by atoms with Crippen molar-refractivity contribution in [3.8, 4) is 5.75 Å². The molecule has 2 nitrogen and oxygen atoms in total. The summed E-state index contributed by atoms with van der Waals surface area (Å²) in [6.45, 7) is 2.58. The van der Waals surface area contributed by atoms with E-state index in [0.717, 1.165) is 27.6 Å². The van der Waals surface area contributed by atoms with Gasteiger partial charge in [0.05, 0.1) is 0 Å². The summed E-state index contributed by atoms with van der Waals surface area (Å²) in [4.78, 5) is 0. The number of phenols is 1. The minimum atomic E-state index is 0.306. The lowest BCUT2D eigenvalue weighted by atomic mass is 10.0. The molecule has 0 saturated heterocycles. The second-order valence-electron chi connectivity index (χ2n) is 5.10. The van der Waals surface area contributed by atoms with Gasteiger partial charge in [-0.15, -0.1) is 0 Å². The molecule has 0 bridgehead atoms. The monoisotopic (exact) mass is 297 g/mol. The van der Waals surface area contributed by atoms with Crippen molar-refractivity contribution in [1.82, 2.24) is 0 Å². The van der Waals surface area contributed by atoms with E-state index in [9.17, 15) is 5.11 Å². The van der Waals surface area contributed by atoms with Crippen molar-refractivity contribution >= 4 is 28.1 Å². The van der Waals surface area contributed by atoms with E-state index >= 15 is 0 Å². The number of rotatable bonds is 3. The van der Waals surface area contributed by atoms with Gasteiger partial charge in [-0.05, 0) is 41.5 Å². The number of halogens is 1. The number of hydrogen-bond donors (Lipinski definition) is 2. The number of benzene rings is 3. The van der Waals surface area contributed by atoms with Crippen LogP contribution in [0.25, 0.3) is 10.8 Å². The molecule has 2 N–H and O–H groups in total. The summed E-state index contributed by atoms with van der Waals surface area (Å²) in [7, 11) is 0. The lowest BCUT2D eigenvalue weighted by molar-refractivity contribution is 0.470. The maximum Gasteiger partial charge on any atom is 0.121 e. The van der Waals surface area contributed by atoms with Crippen LogP contribution >= 0.6 is 11.6 Å². The first kappa shape index (κ1) is 13.8. The predicted octanol–water partition coefficient (Wildman–Crippen LogP) is 5.12. The fourth-order valence-corrected chi connectivity index (χ4v) is 2.65. The molecule has 21 heavy (non-hydrogen) atoms. The van der Waals surface area contributed by atoms with Crippen molar-refractivity contribution in [3.05, 3.63) is 70.7 Å². The number of anilines is 1. The van der Waals surface area contributed by atoms with Gasteiger partial charge >= 0.3 is 0 Å². The van der Waals surface area contributed by atoms with E-state index in [1.807, 2.05) is 55.5 Å². The third kappa shape index (κ3) is 2.81. The zero-order valence-electron chi connectivity index (χ0n) is 11.7. The maximum atomic E-state index is 10.1. The van der Waals surface area contributed by atoms with Crippen molar-refractivity contribution in [1.29, 1.82) is 0 Å². The molecule has 0 fully saturated rings. The summed E-state index contributed by atoms with van der Waals surface area (Å²) in [6, 6.07) is 17.5. The molecule has 0 aliphatic heterocycles. The fourth-order valence-electron chi connectivity index (χ4n) is 2.48. The van der Waals surface area contributed by atoms with Crippen LogP contribution in [0.2, 0.25) is 5.02 Å². The Hall–Kier alpha value is -2.19. The first-order valence-electron chi connectivity index (χ1n) is 6.85. The average molecular weight is 298 g/mol. The van der Waals surface area contributed by atoms with Crippen molar-refractivity contribution in [2.24, 2.45) is 0 Å². The first-order chi connectivity index (χ1) is 10.1. The molecule has 0 radical (unpaired) electrons. The lowest BCUT2D eigenvalue weighted by Gasteiger charge is -2.13. The highest BCUT2D eigenvalue weighted by Crippen LogP contribution is 2.28. The molecule has 0 aromatic heterocycles. The summed E-state index contributed by atoms with van der Waals surface area (Å²) in [5, 5.41) is 16.4. The molecule has 0 saturated carbocycles. The molecule has 3 rings (SSSR count). The molecule has 3 aromatic carbocycles. The minimum absolute atomic E-state index is 0.306. The van der Waals surface area contributed by atoms with Crippen molar-refractivity contribution in [2.75, 3.05) is 5.32 Å². The maximum absolute atomic E-state index is 10.1. The van der Waals surface area contributed by atoms with E-state index in [0.29, 0.717) is 17.3 Å². The van der Waals surface area contributed by atoms with Crippen LogP contribution in [0.15, 0.2) is 54.6 Å². The first-order valence-corrected chi connectivity index (χ1v) is 7.22. The number of nitrogens with one attached hydrogen (secondary N) is 1. The second kappa shape index (κ2) is 5.66. The van der Waals surface area contributed by atoms with Crippen LogP contribution < -0.4 is 5.32 Å². The molecular formula is C18H16ClNO. The molecule has 0 atom stereocenters. The zero-order valence-corrected chi connectivity index (χ0v) is 12.5. The zero-order chi connectivity index (χ0) is 14.8. The third-order valence-corrected chi connectivity index (χ3v) is 3.91. The Balaban J connectivity index is 1.95. The predicted molar refractivity (Wildman–Crippen MR) is 89.1 cm³/mol. The molecule has 106 valence electrons. The van der Waals surface area contributed by atoms with Gasteiger partial charge in [0.25, 0.3) is 0 Å². The van der Waals surface area contributed by atoms with E-state index in [4.69, 9.17) is 11.6 Å². The van der Waals surface area contributed by atoms with E-state index in [2.05, 4.69) is 5.32 Å². The lowest BCUT2D eigenvalue weighted by Crippen LogP contribution is -2.02. The van der Waals surface area contributed by atoms with Gasteiger partial charge in [-0.1, -0.05) is 48.0 Å². The summed E-state index contributed by atoms with van der Waals surface area (Å²) in [5.41, 5.74) is 3.00. The highest BCUT2D eigenvalue weighted by atomic mass is 35.5. The van der Waals surface area contributed by atoms with Crippen LogP contribution in [0.3, 0.4) is 0 Å². The van der Waals surface area contributed by atoms with Crippen molar-refractivity contribution in [3.63, 3.8) is 0 Å². The molecule has 3 heteroatoms. The van der Waals surface area contributed by atoms with E-state index in [1.165, 1.54) is 0 Å². The molecule has 0 spiro atoms. The second-order valence-corrected chi connectivity index (χ2v) is 5.53. The summed E-state index contributed by atoms with van der Waals surface area (Å²) >= 11 is 6.04. The molecular weight excluding hydrogens is 282 g/mol. The number of aryl methyl sites for hydroxylation is 1. The molecule has 3 aromatic rings. The summed E-state index contributed by atoms with van der Waals surface area (Å²) < 4.78 is 0. The smallest absolute Gasteiger partial charge is 0.121 e. The van der Waals surface area contributed by atoms with Crippen molar-refractivity contribution in [2.45, 2.75) is 13.5 Å². The highest BCUT2D eigenvalue weighted by molar-refractivity contribution is 6.30. The molecule has 0 unspecified atom stereocenters. The Bertz CT molecular complexity index is 798. The van der Waals surface area contributed by atoms with Crippen LogP contribution in [0, 0.1) is 6.92 Å². The van der Waals surface area contributed by atoms with E-state index in [-0.39, 0.29) is 0 Å². The van der Waals surface area contributed by atoms with Gasteiger partial charge in [-0.25, -0.2) is 0 Å². The van der Waals surface area contributed by atoms with Crippen LogP contribution in [0.4, 0.5) is 5.69 Å². The standard InChI is InChI=1S/C18H16ClNO/c1-12-6-8-14(19)10-17(12)20-11-16-15-5-3-2-4-13(15)7-9-18(16)21/h2-10,20-21H,11H2,1H3. The Labute approximate surface area is 129 Å². The van der Waals surface area contributed by atoms with Gasteiger partial charge in [-0.3, -0.25) is 0 Å². The van der Waals surface area contributed by atoms with Crippen LogP contribution in [-0.2, 0) is 6.54 Å². The van der Waals surface area contributed by atoms with Gasteiger partial charge in [0.15, 0.2) is 0 Å². The number of phenolic OH excluding ortho intramolecular Hbond substituents is 1. The van der Waals surface area contributed by atoms with Crippen LogP contribution in [0.5, 0.6) is 5.75 Å². The summed E-state index contributed by atoms with van der Waals surface area (Å²) in [5.74, 6) is 0.306. The largest absolute Gasteiger partial charge is 0.508 e. The summed E-state index contributed by atoms with van der Waals surface area (Å²) in [6.07, 6.45) is 0. The highest BCUT2D eigenvalue weighted by Gasteiger charge is 2.07. The van der Waals surface area contributed by atoms with Crippen LogP contribution in [-0.4, -0.2) is 5.11 Å². The number of hydrogen-bond acceptors (Lipinski definition) is 2. The van der Waals surface area contributed by atoms with Crippen molar-refractivity contribution < 1.29 is 5.11 Å². The number of aromatic hydroxyl groups is 1. The number of fused-ring (bicyclic) bond motifs is 1. The Morgan fingerprint density at radius 2 is 1.86 bits per heavy atom. The minimum Gasteiger partial charge on any atom is -0.508 e. The Morgan fingerprint density at radius 1 is 1.05 bits per heavy atom. The SMILES string of the molecule is Cc1ccc(Cl)cc1NCc1c(O)ccc2ccccc12. The van der Waals surface area contributed by atoms with E-state index < -0.39 is 0 Å². The molecule has 0 heterocycles. The van der Waals surface area contributed by atoms with Gasteiger partial charge in [-0.2, -0.15) is 0 Å². The van der Waals surface area contributed by atoms with Gasteiger partial charge in [0.1, 0.15) is 5.75 Å². The quantitative estimate of drug-likeness (QED) is 0.703. The molecule has 0 aliphatic rings. The van der Waals surface area contributed by atoms with E-state index in [1.54, 1.807) is 6.07 Å². The Kier molecular flexibility index (Phi) is 3.72. The topological polar surface area (TPSA) is 32.3 Å². The van der Waals surface area contributed by atoms with Gasteiger partial charge < -0.3 is 10.4 Å². The average Bonchev–Trinajstić information content (AvgIpc) is 2.49. The normalized spacial score (nSPS) is 10.8. The third-order valence-electron chi connectivity index (χ3n) is 3.67. The fraction of sp³-hybridized carbons (Fsp3) is 0.111. The van der Waals surface area contributed by atoms with Gasteiger partial charge in [0, 0.05) is 22.8 Å². The molecule has 0 amide bonds.